The molecular formula is C70H98Cl2NO38-. The summed E-state index contributed by atoms with van der Waals surface area (Å²) in [6.07, 6.45) is -40.5. The first-order chi connectivity index (χ1) is 52.6. The highest BCUT2D eigenvalue weighted by Gasteiger charge is 2.70. The van der Waals surface area contributed by atoms with Crippen molar-refractivity contribution in [2.24, 2.45) is 0 Å². The molecule has 111 heavy (non-hydrogen) atoms. The largest absolute Gasteiger partial charge is 0.762 e. The Labute approximate surface area is 646 Å². The quantitative estimate of drug-likeness (QED) is 0.0626. The predicted molar refractivity (Wildman–Crippen MR) is 363 cm³/mol. The van der Waals surface area contributed by atoms with Crippen LogP contribution >= 0.6 is 23.2 Å². The van der Waals surface area contributed by atoms with Crippen molar-refractivity contribution in [1.29, 1.82) is 0 Å². The molecule has 2 spiro atoms. The number of phenols is 3. The molecule has 0 aliphatic carbocycles. The molecule has 11 aliphatic heterocycles. The standard InChI is InChI=1S/C70H98Cl2NO38/c1-24-15-31(74)16-32(75)40(24)61(82)100-36-22-94-70(60-53(36)92-23-93-60)108-37-21-91-63(46(79)52(37)109-70)106-65-56(89-13)45(78)51(35(101-65)20-86-10)104-64-47(80)55(50(87-11)27(4)97-64)105-66-57(81)68(9)59(30(7)98-66)110-69(111-68)18-33(76)48(28(5)107-69)102-38-17-34(99-39-19-67(8,73(84)85)58(90-14)29(6)96-39)49(26(3)95-38)103-62(83)41-25(2)42(71)44(77)43(72)54(41)88-12/h15-16,26-30,33-39,45-53,55-60,63-66,74-81,84H,17-23H2,1-14H3/q-1. The molecule has 0 radical (unpaired) electrons. The summed E-state index contributed by atoms with van der Waals surface area (Å²) in [7, 11) is 6.56. The fraction of sp³-hybridized carbons (Fsp3) is 0.800. The molecule has 41 heteroatoms. The highest BCUT2D eigenvalue weighted by Crippen LogP contribution is 2.53. The van der Waals surface area contributed by atoms with Crippen molar-refractivity contribution in [2.75, 3.05) is 62.2 Å². The number of fused-ring (bicyclic) bond motifs is 4. The Morgan fingerprint density at radius 2 is 1.31 bits per heavy atom. The number of halogens is 2. The molecule has 11 fully saturated rings. The van der Waals surface area contributed by atoms with E-state index in [1.807, 2.05) is 0 Å². The third-order valence-corrected chi connectivity index (χ3v) is 23.3. The summed E-state index contributed by atoms with van der Waals surface area (Å²) in [5, 5.41) is 114. The molecule has 11 heterocycles. The van der Waals surface area contributed by atoms with Crippen LogP contribution in [0.1, 0.15) is 99.6 Å². The number of esters is 2. The van der Waals surface area contributed by atoms with Gasteiger partial charge in [-0.3, -0.25) is 5.23 Å². The van der Waals surface area contributed by atoms with Gasteiger partial charge in [0.25, 0.3) is 5.97 Å². The zero-order chi connectivity index (χ0) is 80.2. The highest BCUT2D eigenvalue weighted by molar-refractivity contribution is 6.39. The van der Waals surface area contributed by atoms with Gasteiger partial charge in [-0.25, -0.2) is 9.59 Å². The number of carbonyl (C=O) groups is 2. The maximum atomic E-state index is 14.3. The van der Waals surface area contributed by atoms with Crippen molar-refractivity contribution >= 4 is 35.1 Å². The number of hydroxylamine groups is 2. The molecule has 39 nitrogen and oxygen atoms in total. The van der Waals surface area contributed by atoms with Crippen molar-refractivity contribution in [3.8, 4) is 23.0 Å². The summed E-state index contributed by atoms with van der Waals surface area (Å²) < 4.78 is 160. The third-order valence-electron chi connectivity index (χ3n) is 22.5. The smallest absolute Gasteiger partial charge is 0.342 e. The monoisotopic (exact) mass is 1630 g/mol. The van der Waals surface area contributed by atoms with Crippen molar-refractivity contribution in [1.82, 2.24) is 5.23 Å². The lowest BCUT2D eigenvalue weighted by Gasteiger charge is -2.53. The lowest BCUT2D eigenvalue weighted by molar-refractivity contribution is -0.415. The Bertz CT molecular complexity index is 3580. The number of ether oxygens (including phenoxy) is 26. The number of aliphatic hydroxyl groups is 5. The fourth-order valence-corrected chi connectivity index (χ4v) is 17.5. The number of nitrogens with zero attached hydrogens (tertiary/aromatic N) is 1. The highest BCUT2D eigenvalue weighted by atomic mass is 35.5. The van der Waals surface area contributed by atoms with E-state index < -0.39 is 243 Å². The Hall–Kier alpha value is -4.08. The second-order valence-electron chi connectivity index (χ2n) is 29.9. The first-order valence-corrected chi connectivity index (χ1v) is 37.1. The average Bonchev–Trinajstić information content (AvgIpc) is 1.58. The zero-order valence-electron chi connectivity index (χ0n) is 63.1. The maximum Gasteiger partial charge on any atom is 0.342 e. The molecule has 2 aromatic carbocycles. The minimum Gasteiger partial charge on any atom is -0.762 e. The molecule has 0 amide bonds. The molecule has 35 unspecified atom stereocenters. The van der Waals surface area contributed by atoms with Gasteiger partial charge in [-0.2, -0.15) is 0 Å². The van der Waals surface area contributed by atoms with Crippen molar-refractivity contribution in [2.45, 2.75) is 295 Å². The van der Waals surface area contributed by atoms with E-state index in [9.17, 15) is 60.9 Å². The molecule has 0 saturated carbocycles. The van der Waals surface area contributed by atoms with Crippen LogP contribution in [-0.4, -0.2) is 339 Å². The summed E-state index contributed by atoms with van der Waals surface area (Å²) in [5.74, 6) is -7.51. The summed E-state index contributed by atoms with van der Waals surface area (Å²) in [6, 6.07) is 2.28. The third kappa shape index (κ3) is 15.7. The van der Waals surface area contributed by atoms with E-state index in [0.29, 0.717) is 0 Å². The number of carbonyl (C=O) groups excluding carboxylic acids is 2. The lowest BCUT2D eigenvalue weighted by Crippen LogP contribution is -2.68. The average molecular weight is 1630 g/mol. The number of phenolic OH excluding ortho intramolecular Hbond substituents is 3. The molecule has 35 atom stereocenters. The van der Waals surface area contributed by atoms with Gasteiger partial charge in [0.1, 0.15) is 138 Å². The summed E-state index contributed by atoms with van der Waals surface area (Å²) >= 11 is 12.8. The van der Waals surface area contributed by atoms with Crippen LogP contribution in [0.15, 0.2) is 12.1 Å². The molecule has 0 bridgehead atoms. The van der Waals surface area contributed by atoms with Crippen LogP contribution in [0.4, 0.5) is 0 Å². The normalized spacial score (nSPS) is 45.7. The van der Waals surface area contributed by atoms with Crippen LogP contribution in [-0.2, 0) is 118 Å². The molecule has 0 aromatic heterocycles. The Balaban J connectivity index is 0.644. The van der Waals surface area contributed by atoms with Crippen LogP contribution in [0.2, 0.25) is 10.0 Å². The van der Waals surface area contributed by atoms with Gasteiger partial charge >= 0.3 is 17.9 Å². The lowest BCUT2D eigenvalue weighted by atomic mass is 9.85. The molecule has 9 N–H and O–H groups in total. The van der Waals surface area contributed by atoms with Gasteiger partial charge < -0.3 is 174 Å². The van der Waals surface area contributed by atoms with Crippen LogP contribution < -0.4 is 4.74 Å². The fourth-order valence-electron chi connectivity index (χ4n) is 17.0. The van der Waals surface area contributed by atoms with Gasteiger partial charge in [0.15, 0.2) is 67.6 Å². The first-order valence-electron chi connectivity index (χ1n) is 36.4. The summed E-state index contributed by atoms with van der Waals surface area (Å²) in [6.45, 7) is 12.8. The zero-order valence-corrected chi connectivity index (χ0v) is 64.6. The Kier molecular flexibility index (Phi) is 25.5. The maximum absolute atomic E-state index is 14.3. The van der Waals surface area contributed by atoms with Crippen molar-refractivity contribution in [3.05, 3.63) is 49.6 Å². The van der Waals surface area contributed by atoms with Crippen LogP contribution in [0, 0.1) is 19.1 Å². The summed E-state index contributed by atoms with van der Waals surface area (Å²) in [4.78, 5) is 27.6. The number of hydrogen-bond acceptors (Lipinski definition) is 39. The van der Waals surface area contributed by atoms with Gasteiger partial charge in [-0.1, -0.05) is 23.2 Å². The van der Waals surface area contributed by atoms with Crippen LogP contribution in [0.5, 0.6) is 23.0 Å². The topological polar surface area (TPSA) is 482 Å². The second-order valence-corrected chi connectivity index (χ2v) is 30.6. The molecule has 626 valence electrons. The van der Waals surface area contributed by atoms with Crippen molar-refractivity contribution in [3.63, 3.8) is 0 Å². The number of aromatic hydroxyl groups is 3. The number of aryl methyl sites for hydroxylation is 1. The molecule has 11 aliphatic rings. The summed E-state index contributed by atoms with van der Waals surface area (Å²) in [5.41, 5.74) is -3.41. The minimum atomic E-state index is -2.06. The predicted octanol–water partition coefficient (Wildman–Crippen LogP) is 1.17. The number of methoxy groups -OCH3 is 5. The van der Waals surface area contributed by atoms with Gasteiger partial charge in [-0.05, 0) is 79.5 Å². The Morgan fingerprint density at radius 3 is 1.98 bits per heavy atom. The van der Waals surface area contributed by atoms with Crippen LogP contribution in [0.3, 0.4) is 0 Å². The van der Waals surface area contributed by atoms with Gasteiger partial charge in [0.05, 0.1) is 80.5 Å². The van der Waals surface area contributed by atoms with Gasteiger partial charge in [-0.15, -0.1) is 0 Å². The molecule has 2 aromatic rings. The second kappa shape index (κ2) is 33.4. The van der Waals surface area contributed by atoms with E-state index in [1.165, 1.54) is 69.3 Å². The minimum absolute atomic E-state index is 0.0770. The van der Waals surface area contributed by atoms with Crippen molar-refractivity contribution < 1.29 is 179 Å². The molecule has 13 rings (SSSR count). The van der Waals surface area contributed by atoms with Gasteiger partial charge in [0.2, 0.25) is 0 Å². The number of aliphatic hydroxyl groups excluding tert-OH is 5. The number of benzene rings is 2. The number of rotatable bonds is 21. The van der Waals surface area contributed by atoms with Crippen LogP contribution in [0.25, 0.3) is 0 Å². The van der Waals surface area contributed by atoms with E-state index in [2.05, 4.69) is 0 Å². The van der Waals surface area contributed by atoms with E-state index in [1.54, 1.807) is 34.6 Å². The van der Waals surface area contributed by atoms with E-state index >= 15 is 0 Å². The Morgan fingerprint density at radius 1 is 0.613 bits per heavy atom. The van der Waals surface area contributed by atoms with E-state index in [4.69, 9.17) is 146 Å². The molecule has 11 saturated heterocycles. The van der Waals surface area contributed by atoms with Gasteiger partial charge in [0, 0.05) is 47.3 Å². The first kappa shape index (κ1) is 84.8. The van der Waals surface area contributed by atoms with E-state index in [0.717, 1.165) is 6.07 Å². The number of hydrogen-bond donors (Lipinski definition) is 9. The molecular weight excluding hydrogens is 1530 g/mol. The van der Waals surface area contributed by atoms with E-state index in [-0.39, 0.29) is 88.5 Å². The SMILES string of the molecule is COCC1OC(OC2OCC3OC4(OCC(OC(=O)c5c(C)cc(O)cc5O)C5OCOC54)OC3C2O)C(OC)C(O)C1OC1OC(C)C(OC)C(OC2OC(C)C3OC4(CC(O)C(OC5CC(OC6CC(C)(N([O-])O)C(OC)C(C)O6)C(OC(=O)c6c(C)c(Cl)c(O)c(Cl)c6OC)C(C)O5)C(C)O4)OC3(C)C2O)C1O.